The first-order chi connectivity index (χ1) is 14.5. The molecule has 0 bridgehead atoms. The van der Waals surface area contributed by atoms with Crippen molar-refractivity contribution in [3.8, 4) is 0 Å². The van der Waals surface area contributed by atoms with Crippen molar-refractivity contribution < 1.29 is 14.5 Å². The number of aromatic nitrogens is 4. The van der Waals surface area contributed by atoms with Crippen molar-refractivity contribution in [2.45, 2.75) is 51.7 Å². The van der Waals surface area contributed by atoms with Gasteiger partial charge in [0.2, 0.25) is 0 Å². The van der Waals surface area contributed by atoms with Crippen molar-refractivity contribution in [2.24, 2.45) is 14.1 Å². The number of piperidine rings is 1. The normalized spacial score (nSPS) is 23.3. The highest BCUT2D eigenvalue weighted by atomic mass is 16.5. The van der Waals surface area contributed by atoms with Crippen LogP contribution in [-0.4, -0.2) is 64.1 Å². The second-order valence-electron chi connectivity index (χ2n) is 8.86. The lowest BCUT2D eigenvalue weighted by Gasteiger charge is -2.32. The molecule has 0 aliphatic carbocycles. The third kappa shape index (κ3) is 3.98. The Kier molecular flexibility index (Phi) is 6.40. The summed E-state index contributed by atoms with van der Waals surface area (Å²) >= 11 is 0. The molecule has 1 unspecified atom stereocenters. The van der Waals surface area contributed by atoms with E-state index in [4.69, 9.17) is 9.72 Å². The molecule has 2 aliphatic rings. The van der Waals surface area contributed by atoms with Crippen LogP contribution in [0.2, 0.25) is 0 Å². The van der Waals surface area contributed by atoms with Crippen LogP contribution in [0.3, 0.4) is 0 Å². The average Bonchev–Trinajstić information content (AvgIpc) is 3.14. The van der Waals surface area contributed by atoms with E-state index in [1.165, 1.54) is 33.3 Å². The molecule has 2 aromatic heterocycles. The van der Waals surface area contributed by atoms with Crippen LogP contribution in [0.15, 0.2) is 9.59 Å². The summed E-state index contributed by atoms with van der Waals surface area (Å²) in [6.07, 6.45) is 4.95. The summed E-state index contributed by atoms with van der Waals surface area (Å²) in [5, 5.41) is 0. The molecule has 0 amide bonds. The quantitative estimate of drug-likeness (QED) is 0.551. The molecule has 0 radical (unpaired) electrons. The molecule has 0 spiro atoms. The Morgan fingerprint density at radius 1 is 1.10 bits per heavy atom. The van der Waals surface area contributed by atoms with Gasteiger partial charge in [0.1, 0.15) is 19.6 Å². The zero-order valence-corrected chi connectivity index (χ0v) is 18.6. The molecule has 2 aromatic rings. The Labute approximate surface area is 176 Å². The highest BCUT2D eigenvalue weighted by Crippen LogP contribution is 2.12. The Balaban J connectivity index is 1.73. The number of nitrogens with one attached hydrogen (secondary N) is 2. The molecule has 166 valence electrons. The second-order valence-corrected chi connectivity index (χ2v) is 8.86. The summed E-state index contributed by atoms with van der Waals surface area (Å²) < 4.78 is 10.3. The van der Waals surface area contributed by atoms with Crippen molar-refractivity contribution in [2.75, 3.05) is 39.4 Å². The first-order valence-electron chi connectivity index (χ1n) is 11.4. The SMILES string of the molecule is CC[C@@H]1CCCC[NH+]1Cc1nc2c(c(=O)n(C)c(=O)n2C)n1CC[NH+]1CCOCC1. The predicted octanol–water partition coefficient (Wildman–Crippen LogP) is -2.30. The number of rotatable bonds is 6. The van der Waals surface area contributed by atoms with Gasteiger partial charge in [-0.05, 0) is 25.7 Å². The number of imidazole rings is 1. The molecular weight excluding hydrogens is 384 g/mol. The monoisotopic (exact) mass is 420 g/mol. The fraction of sp³-hybridized carbons (Fsp3) is 0.762. The van der Waals surface area contributed by atoms with E-state index < -0.39 is 0 Å². The van der Waals surface area contributed by atoms with Gasteiger partial charge in [-0.2, -0.15) is 0 Å². The molecule has 0 saturated carbocycles. The molecule has 2 atom stereocenters. The number of quaternary nitrogens is 2. The van der Waals surface area contributed by atoms with Gasteiger partial charge in [-0.25, -0.2) is 9.78 Å². The largest absolute Gasteiger partial charge is 0.370 e. The van der Waals surface area contributed by atoms with E-state index in [9.17, 15) is 9.59 Å². The van der Waals surface area contributed by atoms with Crippen LogP contribution in [-0.2, 0) is 31.9 Å². The molecule has 0 aromatic carbocycles. The Morgan fingerprint density at radius 2 is 1.87 bits per heavy atom. The maximum atomic E-state index is 13.1. The topological polar surface area (TPSA) is 79.9 Å². The zero-order valence-electron chi connectivity index (χ0n) is 18.6. The minimum absolute atomic E-state index is 0.246. The molecule has 9 heteroatoms. The predicted molar refractivity (Wildman–Crippen MR) is 114 cm³/mol. The van der Waals surface area contributed by atoms with Crippen LogP contribution in [0.4, 0.5) is 0 Å². The molecule has 2 saturated heterocycles. The molecule has 9 nitrogen and oxygen atoms in total. The van der Waals surface area contributed by atoms with E-state index in [1.54, 1.807) is 19.0 Å². The first kappa shape index (κ1) is 21.3. The van der Waals surface area contributed by atoms with Gasteiger partial charge in [0.05, 0.1) is 38.9 Å². The van der Waals surface area contributed by atoms with E-state index in [0.29, 0.717) is 17.2 Å². The lowest BCUT2D eigenvalue weighted by molar-refractivity contribution is -0.944. The molecule has 2 aliphatic heterocycles. The van der Waals surface area contributed by atoms with Crippen molar-refractivity contribution in [1.29, 1.82) is 0 Å². The first-order valence-corrected chi connectivity index (χ1v) is 11.4. The summed E-state index contributed by atoms with van der Waals surface area (Å²) in [6, 6.07) is 0.642. The minimum atomic E-state index is -0.320. The summed E-state index contributed by atoms with van der Waals surface area (Å²) in [7, 11) is 3.26. The number of hydrogen-bond acceptors (Lipinski definition) is 4. The molecular formula is C21H36N6O3+2. The number of fused-ring (bicyclic) bond motifs is 1. The fourth-order valence-corrected chi connectivity index (χ4v) is 5.13. The standard InChI is InChI=1S/C21H34N6O3/c1-4-16-7-5-6-8-26(16)15-17-22-19-18(20(28)24(3)21(29)23(19)2)27(17)10-9-25-11-13-30-14-12-25/h16H,4-15H2,1-3H3/p+2/t16-/m1/s1. The average molecular weight is 421 g/mol. The molecule has 2 N–H and O–H groups in total. The minimum Gasteiger partial charge on any atom is -0.370 e. The lowest BCUT2D eigenvalue weighted by Crippen LogP contribution is -3.15. The van der Waals surface area contributed by atoms with Crippen molar-refractivity contribution >= 4 is 11.2 Å². The van der Waals surface area contributed by atoms with Crippen molar-refractivity contribution in [1.82, 2.24) is 18.7 Å². The molecule has 4 rings (SSSR count). The van der Waals surface area contributed by atoms with E-state index >= 15 is 0 Å². The number of likely N-dealkylation sites (tertiary alicyclic amines) is 1. The third-order valence-corrected chi connectivity index (χ3v) is 7.07. The second kappa shape index (κ2) is 9.03. The van der Waals surface area contributed by atoms with Crippen LogP contribution < -0.4 is 21.0 Å². The van der Waals surface area contributed by atoms with Crippen LogP contribution in [0.1, 0.15) is 38.4 Å². The van der Waals surface area contributed by atoms with E-state index in [0.717, 1.165) is 64.7 Å². The van der Waals surface area contributed by atoms with Gasteiger partial charge in [0.15, 0.2) is 17.0 Å². The zero-order chi connectivity index (χ0) is 21.3. The van der Waals surface area contributed by atoms with E-state index in [2.05, 4.69) is 11.5 Å². The van der Waals surface area contributed by atoms with Gasteiger partial charge in [-0.3, -0.25) is 13.9 Å². The van der Waals surface area contributed by atoms with E-state index in [1.807, 2.05) is 0 Å². The summed E-state index contributed by atoms with van der Waals surface area (Å²) in [5.74, 6) is 0.936. The Bertz CT molecular complexity index is 1000. The number of ether oxygens (including phenoxy) is 1. The Hall–Kier alpha value is -1.97. The highest BCUT2D eigenvalue weighted by Gasteiger charge is 2.28. The molecule has 4 heterocycles. The van der Waals surface area contributed by atoms with Gasteiger partial charge >= 0.3 is 5.69 Å². The van der Waals surface area contributed by atoms with Gasteiger partial charge in [-0.1, -0.05) is 6.92 Å². The summed E-state index contributed by atoms with van der Waals surface area (Å²) in [4.78, 5) is 33.4. The van der Waals surface area contributed by atoms with Crippen molar-refractivity contribution in [3.05, 3.63) is 26.7 Å². The highest BCUT2D eigenvalue weighted by molar-refractivity contribution is 5.71. The number of nitrogens with zero attached hydrogens (tertiary/aromatic N) is 4. The summed E-state index contributed by atoms with van der Waals surface area (Å²) in [6.45, 7) is 9.45. The van der Waals surface area contributed by atoms with Crippen LogP contribution in [0.5, 0.6) is 0 Å². The van der Waals surface area contributed by atoms with Gasteiger partial charge < -0.3 is 19.1 Å². The third-order valence-electron chi connectivity index (χ3n) is 7.07. The summed E-state index contributed by atoms with van der Waals surface area (Å²) in [5.41, 5.74) is 0.509. The van der Waals surface area contributed by atoms with Gasteiger partial charge in [-0.15, -0.1) is 0 Å². The van der Waals surface area contributed by atoms with Gasteiger partial charge in [0, 0.05) is 14.1 Å². The van der Waals surface area contributed by atoms with Crippen LogP contribution in [0.25, 0.3) is 11.2 Å². The molecule has 30 heavy (non-hydrogen) atoms. The van der Waals surface area contributed by atoms with E-state index in [-0.39, 0.29) is 11.2 Å². The number of morpholine rings is 1. The van der Waals surface area contributed by atoms with Gasteiger partial charge in [0.25, 0.3) is 5.56 Å². The molecule has 2 fully saturated rings. The maximum Gasteiger partial charge on any atom is 0.332 e. The lowest BCUT2D eigenvalue weighted by atomic mass is 10.0. The van der Waals surface area contributed by atoms with Crippen molar-refractivity contribution in [3.63, 3.8) is 0 Å². The van der Waals surface area contributed by atoms with Crippen LogP contribution >= 0.6 is 0 Å². The van der Waals surface area contributed by atoms with Crippen LogP contribution in [0, 0.1) is 0 Å². The number of aryl methyl sites for hydroxylation is 1. The smallest absolute Gasteiger partial charge is 0.332 e. The number of hydrogen-bond donors (Lipinski definition) is 2. The maximum absolute atomic E-state index is 13.1. The fourth-order valence-electron chi connectivity index (χ4n) is 5.13. The Morgan fingerprint density at radius 3 is 2.60 bits per heavy atom.